The molecule has 0 amide bonds. The molecule has 1 aromatic heterocycles. The molecule has 1 aromatic rings. The number of rotatable bonds is 3. The maximum atomic E-state index is 10.6. The van der Waals surface area contributed by atoms with E-state index in [1.54, 1.807) is 7.11 Å². The number of aromatic nitrogens is 1. The predicted octanol–water partition coefficient (Wildman–Crippen LogP) is 1.74. The first-order chi connectivity index (χ1) is 10.8. The zero-order valence-corrected chi connectivity index (χ0v) is 12.4. The Hall–Kier alpha value is -2.03. The molecular weight excluding hydrogens is 315 g/mol. The van der Waals surface area contributed by atoms with Crippen LogP contribution in [0.1, 0.15) is 6.42 Å². The van der Waals surface area contributed by atoms with E-state index in [0.29, 0.717) is 11.9 Å². The quantitative estimate of drug-likeness (QED) is 0.782. The number of pyridine rings is 1. The van der Waals surface area contributed by atoms with Crippen LogP contribution in [0, 0.1) is 11.8 Å². The number of hydrogen-bond donors (Lipinski definition) is 3. The number of fused-ring (bicyclic) bond motifs is 2. The maximum Gasteiger partial charge on any atom is 0.490 e. The molecule has 1 aliphatic carbocycles. The van der Waals surface area contributed by atoms with Crippen molar-refractivity contribution in [3.05, 3.63) is 18.3 Å². The van der Waals surface area contributed by atoms with Crippen LogP contribution in [0.25, 0.3) is 0 Å². The summed E-state index contributed by atoms with van der Waals surface area (Å²) in [6.07, 6.45) is -1.87. The molecule has 23 heavy (non-hydrogen) atoms. The van der Waals surface area contributed by atoms with Gasteiger partial charge in [-0.25, -0.2) is 9.78 Å². The average molecular weight is 333 g/mol. The van der Waals surface area contributed by atoms with Crippen molar-refractivity contribution in [1.82, 2.24) is 10.3 Å². The van der Waals surface area contributed by atoms with Gasteiger partial charge in [0, 0.05) is 12.1 Å². The second kappa shape index (κ2) is 7.03. The lowest BCUT2D eigenvalue weighted by Gasteiger charge is -2.50. The van der Waals surface area contributed by atoms with Crippen LogP contribution in [0.4, 0.5) is 18.9 Å². The molecule has 2 atom stereocenters. The Bertz CT molecular complexity index is 522. The van der Waals surface area contributed by atoms with Crippen LogP contribution in [0.2, 0.25) is 0 Å². The van der Waals surface area contributed by atoms with Crippen molar-refractivity contribution in [2.75, 3.05) is 25.5 Å². The summed E-state index contributed by atoms with van der Waals surface area (Å²) in [6, 6.07) is 4.57. The molecule has 1 saturated heterocycles. The van der Waals surface area contributed by atoms with Gasteiger partial charge in [0.2, 0.25) is 5.88 Å². The lowest BCUT2D eigenvalue weighted by Crippen LogP contribution is -2.59. The number of nitrogens with zero attached hydrogens (tertiary/aromatic N) is 1. The molecule has 128 valence electrons. The molecule has 0 radical (unpaired) electrons. The van der Waals surface area contributed by atoms with E-state index >= 15 is 0 Å². The topological polar surface area (TPSA) is 83.5 Å². The molecule has 2 unspecified atom stereocenters. The second-order valence-electron chi connectivity index (χ2n) is 5.48. The third kappa shape index (κ3) is 4.47. The van der Waals surface area contributed by atoms with Gasteiger partial charge < -0.3 is 20.5 Å². The van der Waals surface area contributed by atoms with Crippen LogP contribution in [-0.2, 0) is 4.79 Å². The minimum Gasteiger partial charge on any atom is -0.481 e. The number of alkyl halides is 3. The van der Waals surface area contributed by atoms with Crippen molar-refractivity contribution in [1.29, 1.82) is 0 Å². The molecule has 2 heterocycles. The molecule has 2 bridgehead atoms. The molecule has 2 fully saturated rings. The molecule has 1 saturated carbocycles. The molecule has 2 aliphatic rings. The fraction of sp³-hybridized carbons (Fsp3) is 0.571. The number of ether oxygens (including phenoxy) is 1. The Morgan fingerprint density at radius 1 is 1.39 bits per heavy atom. The first kappa shape index (κ1) is 17.3. The zero-order chi connectivity index (χ0) is 17.0. The number of carbonyl (C=O) groups is 1. The predicted molar refractivity (Wildman–Crippen MR) is 76.4 cm³/mol. The van der Waals surface area contributed by atoms with Gasteiger partial charge in [0.05, 0.1) is 19.0 Å². The summed E-state index contributed by atoms with van der Waals surface area (Å²) < 4.78 is 36.8. The van der Waals surface area contributed by atoms with Crippen molar-refractivity contribution in [2.24, 2.45) is 11.8 Å². The van der Waals surface area contributed by atoms with Crippen molar-refractivity contribution >= 4 is 11.7 Å². The summed E-state index contributed by atoms with van der Waals surface area (Å²) in [5, 5.41) is 14.1. The van der Waals surface area contributed by atoms with Gasteiger partial charge in [0.15, 0.2) is 0 Å². The summed E-state index contributed by atoms with van der Waals surface area (Å²) in [6.45, 7) is 2.30. The number of piperidine rings is 2. The Balaban J connectivity index is 0.000000236. The second-order valence-corrected chi connectivity index (χ2v) is 5.48. The van der Waals surface area contributed by atoms with E-state index in [9.17, 15) is 13.2 Å². The normalized spacial score (nSPS) is 25.5. The monoisotopic (exact) mass is 333 g/mol. The largest absolute Gasteiger partial charge is 0.490 e. The van der Waals surface area contributed by atoms with E-state index in [0.717, 1.165) is 30.6 Å². The standard InChI is InChI=1S/C12H17N3O.C2HF3O2/c1-16-11-3-2-10(7-14-11)15-12-8-4-9(12)6-13-5-8;3-2(4,5)1(6)7/h2-3,7-9,12-13,15H,4-6H2,1H3;(H,6,7). The van der Waals surface area contributed by atoms with Crippen molar-refractivity contribution in [2.45, 2.75) is 18.6 Å². The van der Waals surface area contributed by atoms with E-state index in [1.165, 1.54) is 6.42 Å². The van der Waals surface area contributed by atoms with Crippen molar-refractivity contribution < 1.29 is 27.8 Å². The lowest BCUT2D eigenvalue weighted by atomic mass is 9.67. The summed E-state index contributed by atoms with van der Waals surface area (Å²) >= 11 is 0. The fourth-order valence-electron chi connectivity index (χ4n) is 2.76. The van der Waals surface area contributed by atoms with Crippen LogP contribution in [0.3, 0.4) is 0 Å². The number of methoxy groups -OCH3 is 1. The van der Waals surface area contributed by atoms with E-state index in [1.807, 2.05) is 18.3 Å². The Kier molecular flexibility index (Phi) is 5.30. The molecule has 6 nitrogen and oxygen atoms in total. The Morgan fingerprint density at radius 3 is 2.39 bits per heavy atom. The minimum absolute atomic E-state index is 0.636. The highest BCUT2D eigenvalue weighted by Crippen LogP contribution is 2.38. The van der Waals surface area contributed by atoms with E-state index in [2.05, 4.69) is 15.6 Å². The van der Waals surface area contributed by atoms with Crippen molar-refractivity contribution in [3.8, 4) is 5.88 Å². The molecule has 1 aliphatic heterocycles. The molecule has 9 heteroatoms. The highest BCUT2D eigenvalue weighted by atomic mass is 19.4. The van der Waals surface area contributed by atoms with E-state index in [-0.39, 0.29) is 0 Å². The third-order valence-corrected chi connectivity index (χ3v) is 3.96. The van der Waals surface area contributed by atoms with Crippen LogP contribution in [0.5, 0.6) is 5.88 Å². The van der Waals surface area contributed by atoms with Crippen molar-refractivity contribution in [3.63, 3.8) is 0 Å². The third-order valence-electron chi connectivity index (χ3n) is 3.96. The van der Waals surface area contributed by atoms with E-state index in [4.69, 9.17) is 14.6 Å². The molecule has 3 N–H and O–H groups in total. The lowest BCUT2D eigenvalue weighted by molar-refractivity contribution is -0.192. The average Bonchev–Trinajstić information content (AvgIpc) is 2.53. The highest BCUT2D eigenvalue weighted by molar-refractivity contribution is 5.73. The first-order valence-electron chi connectivity index (χ1n) is 7.08. The smallest absolute Gasteiger partial charge is 0.481 e. The van der Waals surface area contributed by atoms with Crippen LogP contribution < -0.4 is 15.4 Å². The Morgan fingerprint density at radius 2 is 2.00 bits per heavy atom. The van der Waals surface area contributed by atoms with Gasteiger partial charge >= 0.3 is 12.1 Å². The van der Waals surface area contributed by atoms with Gasteiger partial charge in [-0.05, 0) is 37.4 Å². The van der Waals surface area contributed by atoms with Crippen LogP contribution >= 0.6 is 0 Å². The van der Waals surface area contributed by atoms with Crippen LogP contribution in [-0.4, -0.2) is 48.5 Å². The van der Waals surface area contributed by atoms with E-state index < -0.39 is 12.1 Å². The van der Waals surface area contributed by atoms with Gasteiger partial charge in [-0.15, -0.1) is 0 Å². The number of nitrogens with one attached hydrogen (secondary N) is 2. The molecular formula is C14H18F3N3O3. The minimum atomic E-state index is -5.08. The van der Waals surface area contributed by atoms with Gasteiger partial charge in [0.1, 0.15) is 0 Å². The zero-order valence-electron chi connectivity index (χ0n) is 12.4. The molecule has 0 aromatic carbocycles. The SMILES string of the molecule is COc1ccc(NC2C3CNCC2C3)cn1.O=C(O)C(F)(F)F. The number of aliphatic carboxylic acids is 1. The summed E-state index contributed by atoms with van der Waals surface area (Å²) in [5.74, 6) is -0.504. The molecule has 3 rings (SSSR count). The van der Waals surface area contributed by atoms with Crippen LogP contribution in [0.15, 0.2) is 18.3 Å². The number of carboxylic acids is 1. The number of anilines is 1. The summed E-state index contributed by atoms with van der Waals surface area (Å²) in [7, 11) is 1.64. The number of carboxylic acid groups (broad SMARTS) is 1. The summed E-state index contributed by atoms with van der Waals surface area (Å²) in [5.41, 5.74) is 1.10. The Labute approximate surface area is 131 Å². The maximum absolute atomic E-state index is 10.6. The fourth-order valence-corrected chi connectivity index (χ4v) is 2.76. The first-order valence-corrected chi connectivity index (χ1v) is 7.08. The molecule has 0 spiro atoms. The van der Waals surface area contributed by atoms with Gasteiger partial charge in [-0.3, -0.25) is 0 Å². The number of halogens is 3. The highest BCUT2D eigenvalue weighted by Gasteiger charge is 2.43. The van der Waals surface area contributed by atoms with Gasteiger partial charge in [0.25, 0.3) is 0 Å². The number of hydrogen-bond acceptors (Lipinski definition) is 5. The summed E-state index contributed by atoms with van der Waals surface area (Å²) in [4.78, 5) is 13.1. The van der Waals surface area contributed by atoms with Gasteiger partial charge in [-0.2, -0.15) is 13.2 Å². The van der Waals surface area contributed by atoms with Gasteiger partial charge in [-0.1, -0.05) is 0 Å².